The fourth-order valence-corrected chi connectivity index (χ4v) is 3.94. The van der Waals surface area contributed by atoms with Crippen molar-refractivity contribution in [3.05, 3.63) is 0 Å². The number of piperidine rings is 1. The second kappa shape index (κ2) is 6.46. The second-order valence-corrected chi connectivity index (χ2v) is 8.07. The molecule has 1 saturated carbocycles. The Labute approximate surface area is 134 Å². The topological polar surface area (TPSA) is 61.8 Å². The van der Waals surface area contributed by atoms with Crippen LogP contribution in [0, 0.1) is 16.7 Å². The highest BCUT2D eigenvalue weighted by Gasteiger charge is 2.68. The molecular formula is C17H32N2O3. The minimum Gasteiger partial charge on any atom is -0.389 e. The standard InChI is InChI=1S/C17H32N2O3/c1-16(2)14(17(16,3)4)15(21)18-12-6-8-19(9-7-12)10-13(20)11-22-5/h12-14,20H,6-11H2,1-5H3,(H,18,21). The molecule has 5 heteroatoms. The number of β-amino-alcohol motifs (C(OH)–C–C–N with tert-alkyl or cyclic N) is 1. The zero-order chi connectivity index (χ0) is 16.5. The first-order chi connectivity index (χ1) is 10.2. The number of carbonyl (C=O) groups excluding carboxylic acids is 1. The van der Waals surface area contributed by atoms with Crippen LogP contribution in [0.2, 0.25) is 0 Å². The molecule has 1 atom stereocenters. The third kappa shape index (κ3) is 3.47. The summed E-state index contributed by atoms with van der Waals surface area (Å²) in [4.78, 5) is 14.7. The lowest BCUT2D eigenvalue weighted by Gasteiger charge is -2.33. The molecule has 1 aliphatic heterocycles. The van der Waals surface area contributed by atoms with Crippen LogP contribution in [0.25, 0.3) is 0 Å². The number of hydrogen-bond acceptors (Lipinski definition) is 4. The molecule has 0 aromatic rings. The summed E-state index contributed by atoms with van der Waals surface area (Å²) in [7, 11) is 1.60. The van der Waals surface area contributed by atoms with Crippen LogP contribution in [0.15, 0.2) is 0 Å². The monoisotopic (exact) mass is 312 g/mol. The van der Waals surface area contributed by atoms with Crippen molar-refractivity contribution in [2.24, 2.45) is 16.7 Å². The Morgan fingerprint density at radius 3 is 2.27 bits per heavy atom. The maximum atomic E-state index is 12.5. The Hall–Kier alpha value is -0.650. The molecule has 2 rings (SSSR count). The Morgan fingerprint density at radius 2 is 1.82 bits per heavy atom. The third-order valence-electron chi connectivity index (χ3n) is 6.04. The molecule has 1 saturated heterocycles. The summed E-state index contributed by atoms with van der Waals surface area (Å²) in [5.41, 5.74) is 0.199. The number of rotatable bonds is 6. The van der Waals surface area contributed by atoms with Crippen molar-refractivity contribution >= 4 is 5.91 Å². The Morgan fingerprint density at radius 1 is 1.27 bits per heavy atom. The van der Waals surface area contributed by atoms with E-state index in [-0.39, 0.29) is 28.7 Å². The maximum Gasteiger partial charge on any atom is 0.224 e. The molecule has 1 unspecified atom stereocenters. The van der Waals surface area contributed by atoms with Crippen LogP contribution in [0.5, 0.6) is 0 Å². The maximum absolute atomic E-state index is 12.5. The summed E-state index contributed by atoms with van der Waals surface area (Å²) in [6.45, 7) is 11.6. The zero-order valence-corrected chi connectivity index (χ0v) is 14.7. The second-order valence-electron chi connectivity index (χ2n) is 8.07. The zero-order valence-electron chi connectivity index (χ0n) is 14.7. The molecule has 0 aromatic carbocycles. The molecular weight excluding hydrogens is 280 g/mol. The smallest absolute Gasteiger partial charge is 0.224 e. The van der Waals surface area contributed by atoms with Gasteiger partial charge in [0.15, 0.2) is 0 Å². The van der Waals surface area contributed by atoms with E-state index in [9.17, 15) is 9.90 Å². The number of amides is 1. The van der Waals surface area contributed by atoms with Gasteiger partial charge in [-0.05, 0) is 23.7 Å². The molecule has 0 radical (unpaired) electrons. The van der Waals surface area contributed by atoms with E-state index in [0.717, 1.165) is 25.9 Å². The normalized spacial score (nSPS) is 26.6. The summed E-state index contributed by atoms with van der Waals surface area (Å²) < 4.78 is 4.96. The average Bonchev–Trinajstić information content (AvgIpc) is 2.82. The highest BCUT2D eigenvalue weighted by Crippen LogP contribution is 2.68. The van der Waals surface area contributed by atoms with Gasteiger partial charge in [0.25, 0.3) is 0 Å². The summed E-state index contributed by atoms with van der Waals surface area (Å²) in [6.07, 6.45) is 1.49. The van der Waals surface area contributed by atoms with Crippen LogP contribution >= 0.6 is 0 Å². The average molecular weight is 312 g/mol. The van der Waals surface area contributed by atoms with Gasteiger partial charge < -0.3 is 20.1 Å². The fraction of sp³-hybridized carbons (Fsp3) is 0.941. The van der Waals surface area contributed by atoms with Gasteiger partial charge in [0.2, 0.25) is 5.91 Å². The molecule has 2 N–H and O–H groups in total. The number of nitrogens with one attached hydrogen (secondary N) is 1. The van der Waals surface area contributed by atoms with Crippen molar-refractivity contribution < 1.29 is 14.6 Å². The van der Waals surface area contributed by atoms with Crippen molar-refractivity contribution in [2.75, 3.05) is 33.4 Å². The van der Waals surface area contributed by atoms with Gasteiger partial charge in [0, 0.05) is 38.7 Å². The number of carbonyl (C=O) groups is 1. The van der Waals surface area contributed by atoms with Gasteiger partial charge in [-0.2, -0.15) is 0 Å². The van der Waals surface area contributed by atoms with Gasteiger partial charge in [0.05, 0.1) is 12.7 Å². The molecule has 22 heavy (non-hydrogen) atoms. The van der Waals surface area contributed by atoms with Gasteiger partial charge in [-0.15, -0.1) is 0 Å². The van der Waals surface area contributed by atoms with Crippen molar-refractivity contribution in [1.82, 2.24) is 10.2 Å². The van der Waals surface area contributed by atoms with Crippen LogP contribution in [-0.4, -0.2) is 61.4 Å². The van der Waals surface area contributed by atoms with Gasteiger partial charge in [-0.3, -0.25) is 4.79 Å². The first kappa shape index (κ1) is 17.7. The molecule has 2 aliphatic rings. The van der Waals surface area contributed by atoms with Gasteiger partial charge in [-0.25, -0.2) is 0 Å². The van der Waals surface area contributed by atoms with E-state index in [4.69, 9.17) is 4.74 Å². The molecule has 1 amide bonds. The summed E-state index contributed by atoms with van der Waals surface area (Å²) >= 11 is 0. The third-order valence-corrected chi connectivity index (χ3v) is 6.04. The van der Waals surface area contributed by atoms with Crippen LogP contribution in [0.4, 0.5) is 0 Å². The number of ether oxygens (including phenoxy) is 1. The van der Waals surface area contributed by atoms with E-state index in [2.05, 4.69) is 37.9 Å². The molecule has 1 aliphatic carbocycles. The lowest BCUT2D eigenvalue weighted by Crippen LogP contribution is -2.47. The molecule has 1 heterocycles. The Kier molecular flexibility index (Phi) is 5.20. The molecule has 0 spiro atoms. The highest BCUT2D eigenvalue weighted by atomic mass is 16.5. The van der Waals surface area contributed by atoms with Crippen molar-refractivity contribution in [3.63, 3.8) is 0 Å². The predicted octanol–water partition coefficient (Wildman–Crippen LogP) is 1.26. The molecule has 5 nitrogen and oxygen atoms in total. The van der Waals surface area contributed by atoms with E-state index in [1.165, 1.54) is 0 Å². The Bertz CT molecular complexity index is 387. The molecule has 128 valence electrons. The largest absolute Gasteiger partial charge is 0.389 e. The number of hydrogen-bond donors (Lipinski definition) is 2. The van der Waals surface area contributed by atoms with E-state index >= 15 is 0 Å². The van der Waals surface area contributed by atoms with Gasteiger partial charge >= 0.3 is 0 Å². The number of nitrogens with zero attached hydrogens (tertiary/aromatic N) is 1. The van der Waals surface area contributed by atoms with Crippen molar-refractivity contribution in [1.29, 1.82) is 0 Å². The van der Waals surface area contributed by atoms with Crippen molar-refractivity contribution in [3.8, 4) is 0 Å². The first-order valence-corrected chi connectivity index (χ1v) is 8.40. The number of likely N-dealkylation sites (tertiary alicyclic amines) is 1. The van der Waals surface area contributed by atoms with Crippen LogP contribution in [-0.2, 0) is 9.53 Å². The van der Waals surface area contributed by atoms with E-state index in [1.807, 2.05) is 0 Å². The lowest BCUT2D eigenvalue weighted by molar-refractivity contribution is -0.124. The molecule has 0 aromatic heterocycles. The quantitative estimate of drug-likeness (QED) is 0.775. The van der Waals surface area contributed by atoms with Gasteiger partial charge in [-0.1, -0.05) is 27.7 Å². The van der Waals surface area contributed by atoms with E-state index in [1.54, 1.807) is 7.11 Å². The predicted molar refractivity (Wildman–Crippen MR) is 86.5 cm³/mol. The Balaban J connectivity index is 1.73. The van der Waals surface area contributed by atoms with E-state index < -0.39 is 6.10 Å². The van der Waals surface area contributed by atoms with Gasteiger partial charge in [0.1, 0.15) is 0 Å². The minimum atomic E-state index is -0.427. The van der Waals surface area contributed by atoms with Crippen LogP contribution in [0.1, 0.15) is 40.5 Å². The number of aliphatic hydroxyl groups excluding tert-OH is 1. The highest BCUT2D eigenvalue weighted by molar-refractivity contribution is 5.84. The molecule has 2 fully saturated rings. The lowest BCUT2D eigenvalue weighted by atomic mass is 10.0. The first-order valence-electron chi connectivity index (χ1n) is 8.40. The fourth-order valence-electron chi connectivity index (χ4n) is 3.94. The minimum absolute atomic E-state index is 0.0993. The van der Waals surface area contributed by atoms with Crippen molar-refractivity contribution in [2.45, 2.75) is 52.7 Å². The molecule has 0 bridgehead atoms. The van der Waals surface area contributed by atoms with Crippen LogP contribution in [0.3, 0.4) is 0 Å². The summed E-state index contributed by atoms with van der Waals surface area (Å²) in [5, 5.41) is 13.0. The SMILES string of the molecule is COCC(O)CN1CCC(NC(=O)C2C(C)(C)C2(C)C)CC1. The number of methoxy groups -OCH3 is 1. The van der Waals surface area contributed by atoms with E-state index in [0.29, 0.717) is 13.2 Å². The summed E-state index contributed by atoms with van der Waals surface area (Å²) in [6, 6.07) is 0.274. The number of aliphatic hydroxyl groups is 1. The van der Waals surface area contributed by atoms with Crippen LogP contribution < -0.4 is 5.32 Å². The summed E-state index contributed by atoms with van der Waals surface area (Å²) in [5.74, 6) is 0.342.